The summed E-state index contributed by atoms with van der Waals surface area (Å²) in [7, 11) is 0. The van der Waals surface area contributed by atoms with E-state index in [1.54, 1.807) is 19.1 Å². The van der Waals surface area contributed by atoms with Gasteiger partial charge in [-0.1, -0.05) is 6.92 Å². The highest BCUT2D eigenvalue weighted by atomic mass is 32.2. The molecule has 1 amide bonds. The third-order valence-corrected chi connectivity index (χ3v) is 4.02. The second kappa shape index (κ2) is 7.07. The summed E-state index contributed by atoms with van der Waals surface area (Å²) in [5.74, 6) is -1.44. The van der Waals surface area contributed by atoms with E-state index in [2.05, 4.69) is 5.32 Å². The number of nitrogens with zero attached hydrogens (tertiary/aromatic N) is 1. The average molecular weight is 312 g/mol. The van der Waals surface area contributed by atoms with E-state index in [0.717, 1.165) is 0 Å². The fourth-order valence-electron chi connectivity index (χ4n) is 1.45. The monoisotopic (exact) mass is 312 g/mol. The molecule has 114 valence electrons. The lowest BCUT2D eigenvalue weighted by Gasteiger charge is -2.24. The molecule has 1 atom stereocenters. The number of carboxylic acids is 1. The molecular formula is C13H16N2O5S. The van der Waals surface area contributed by atoms with Crippen LogP contribution in [0.15, 0.2) is 29.2 Å². The zero-order valence-corrected chi connectivity index (χ0v) is 12.5. The first kappa shape index (κ1) is 17.0. The summed E-state index contributed by atoms with van der Waals surface area (Å²) in [6, 6.07) is 5.81. The Balaban J connectivity index is 2.57. The van der Waals surface area contributed by atoms with Crippen LogP contribution in [0.5, 0.6) is 0 Å². The normalized spacial score (nSPS) is 13.2. The fraction of sp³-hybridized carbons (Fsp3) is 0.385. The first-order valence-corrected chi connectivity index (χ1v) is 7.18. The van der Waals surface area contributed by atoms with Crippen molar-refractivity contribution in [2.45, 2.75) is 30.7 Å². The lowest BCUT2D eigenvalue weighted by Crippen LogP contribution is -2.52. The number of hydrogen-bond acceptors (Lipinski definition) is 5. The topological polar surface area (TPSA) is 110 Å². The van der Waals surface area contributed by atoms with E-state index in [-0.39, 0.29) is 17.9 Å². The molecule has 1 rings (SSSR count). The molecule has 7 nitrogen and oxygen atoms in total. The van der Waals surface area contributed by atoms with Crippen LogP contribution in [0, 0.1) is 10.1 Å². The summed E-state index contributed by atoms with van der Waals surface area (Å²) in [5, 5.41) is 22.0. The minimum absolute atomic E-state index is 0.0202. The van der Waals surface area contributed by atoms with Gasteiger partial charge in [0, 0.05) is 17.0 Å². The summed E-state index contributed by atoms with van der Waals surface area (Å²) in [5.41, 5.74) is -1.30. The quantitative estimate of drug-likeness (QED) is 0.453. The van der Waals surface area contributed by atoms with Gasteiger partial charge in [0.05, 0.1) is 10.7 Å². The maximum atomic E-state index is 11.8. The number of non-ortho nitro benzene ring substituents is 1. The van der Waals surface area contributed by atoms with Crippen molar-refractivity contribution in [2.75, 3.05) is 5.75 Å². The minimum atomic E-state index is -1.28. The molecule has 0 fully saturated rings. The first-order valence-electron chi connectivity index (χ1n) is 6.20. The molecule has 0 aliphatic heterocycles. The smallest absolute Gasteiger partial charge is 0.329 e. The highest BCUT2D eigenvalue weighted by Gasteiger charge is 2.32. The van der Waals surface area contributed by atoms with E-state index in [0.29, 0.717) is 4.90 Å². The molecule has 0 radical (unpaired) electrons. The molecule has 0 bridgehead atoms. The van der Waals surface area contributed by atoms with Gasteiger partial charge in [-0.3, -0.25) is 14.9 Å². The van der Waals surface area contributed by atoms with Crippen molar-refractivity contribution in [3.63, 3.8) is 0 Å². The molecule has 8 heteroatoms. The van der Waals surface area contributed by atoms with Gasteiger partial charge in [-0.2, -0.15) is 0 Å². The Bertz CT molecular complexity index is 546. The number of carbonyl (C=O) groups is 2. The van der Waals surface area contributed by atoms with Gasteiger partial charge in [0.25, 0.3) is 5.69 Å². The zero-order valence-electron chi connectivity index (χ0n) is 11.7. The highest BCUT2D eigenvalue weighted by molar-refractivity contribution is 8.00. The maximum Gasteiger partial charge on any atom is 0.329 e. The highest BCUT2D eigenvalue weighted by Crippen LogP contribution is 2.21. The van der Waals surface area contributed by atoms with Gasteiger partial charge in [0.1, 0.15) is 5.54 Å². The number of amides is 1. The zero-order chi connectivity index (χ0) is 16.0. The molecule has 0 aliphatic carbocycles. The van der Waals surface area contributed by atoms with Crippen LogP contribution in [-0.2, 0) is 9.59 Å². The fourth-order valence-corrected chi connectivity index (χ4v) is 2.15. The van der Waals surface area contributed by atoms with Crippen molar-refractivity contribution in [2.24, 2.45) is 0 Å². The van der Waals surface area contributed by atoms with E-state index in [1.165, 1.54) is 30.8 Å². The van der Waals surface area contributed by atoms with E-state index >= 15 is 0 Å². The van der Waals surface area contributed by atoms with Gasteiger partial charge >= 0.3 is 5.97 Å². The Labute approximate surface area is 125 Å². The summed E-state index contributed by atoms with van der Waals surface area (Å²) >= 11 is 1.18. The Hall–Kier alpha value is -2.09. The molecule has 0 aromatic heterocycles. The molecular weight excluding hydrogens is 296 g/mol. The lowest BCUT2D eigenvalue weighted by atomic mass is 9.99. The van der Waals surface area contributed by atoms with Crippen LogP contribution in [-0.4, -0.2) is 33.2 Å². The number of nitrogens with one attached hydrogen (secondary N) is 1. The Morgan fingerprint density at radius 1 is 1.38 bits per heavy atom. The molecule has 0 aliphatic rings. The molecule has 1 aromatic rings. The Kier molecular flexibility index (Phi) is 5.71. The number of nitro benzene ring substituents is 1. The van der Waals surface area contributed by atoms with Gasteiger partial charge < -0.3 is 10.4 Å². The van der Waals surface area contributed by atoms with Crippen molar-refractivity contribution in [1.82, 2.24) is 5.32 Å². The van der Waals surface area contributed by atoms with Gasteiger partial charge in [-0.15, -0.1) is 11.8 Å². The summed E-state index contributed by atoms with van der Waals surface area (Å²) < 4.78 is 0. The maximum absolute atomic E-state index is 11.8. The van der Waals surface area contributed by atoms with Crippen molar-refractivity contribution in [3.05, 3.63) is 34.4 Å². The second-order valence-corrected chi connectivity index (χ2v) is 5.63. The van der Waals surface area contributed by atoms with Gasteiger partial charge in [-0.05, 0) is 25.5 Å². The van der Waals surface area contributed by atoms with Crippen LogP contribution in [0.2, 0.25) is 0 Å². The molecule has 0 saturated carbocycles. The molecule has 1 aromatic carbocycles. The SMILES string of the molecule is CCC(C)(NC(=O)CSc1ccc([N+](=O)[O-])cc1)C(=O)O. The number of thioether (sulfide) groups is 1. The number of benzene rings is 1. The van der Waals surface area contributed by atoms with Crippen molar-refractivity contribution in [1.29, 1.82) is 0 Å². The average Bonchev–Trinajstić information content (AvgIpc) is 2.45. The van der Waals surface area contributed by atoms with Gasteiger partial charge in [0.15, 0.2) is 0 Å². The molecule has 0 spiro atoms. The molecule has 21 heavy (non-hydrogen) atoms. The van der Waals surface area contributed by atoms with Gasteiger partial charge in [0.2, 0.25) is 5.91 Å². The summed E-state index contributed by atoms with van der Waals surface area (Å²) in [6.07, 6.45) is 0.274. The Morgan fingerprint density at radius 3 is 2.38 bits per heavy atom. The Morgan fingerprint density at radius 2 is 1.95 bits per heavy atom. The van der Waals surface area contributed by atoms with Crippen LogP contribution in [0.4, 0.5) is 5.69 Å². The third-order valence-electron chi connectivity index (χ3n) is 3.01. The standard InChI is InChI=1S/C13H16N2O5S/c1-3-13(2,12(17)18)14-11(16)8-21-10-6-4-9(5-7-10)15(19)20/h4-7H,3,8H2,1-2H3,(H,14,16)(H,17,18). The van der Waals surface area contributed by atoms with E-state index in [4.69, 9.17) is 5.11 Å². The van der Waals surface area contributed by atoms with Crippen LogP contribution >= 0.6 is 11.8 Å². The van der Waals surface area contributed by atoms with Gasteiger partial charge in [-0.25, -0.2) is 4.79 Å². The van der Waals surface area contributed by atoms with Crippen LogP contribution < -0.4 is 5.32 Å². The van der Waals surface area contributed by atoms with Crippen molar-refractivity contribution >= 4 is 29.3 Å². The molecule has 2 N–H and O–H groups in total. The van der Waals surface area contributed by atoms with Crippen LogP contribution in [0.1, 0.15) is 20.3 Å². The van der Waals surface area contributed by atoms with Crippen LogP contribution in [0.25, 0.3) is 0 Å². The molecule has 0 heterocycles. The summed E-state index contributed by atoms with van der Waals surface area (Å²) in [4.78, 5) is 33.6. The lowest BCUT2D eigenvalue weighted by molar-refractivity contribution is -0.384. The number of carboxylic acid groups (broad SMARTS) is 1. The number of rotatable bonds is 7. The van der Waals surface area contributed by atoms with E-state index in [1.807, 2.05) is 0 Å². The number of nitro groups is 1. The summed E-state index contributed by atoms with van der Waals surface area (Å²) in [6.45, 7) is 3.13. The second-order valence-electron chi connectivity index (χ2n) is 4.58. The van der Waals surface area contributed by atoms with E-state index < -0.39 is 22.3 Å². The number of hydrogen-bond donors (Lipinski definition) is 2. The minimum Gasteiger partial charge on any atom is -0.480 e. The molecule has 1 unspecified atom stereocenters. The largest absolute Gasteiger partial charge is 0.480 e. The van der Waals surface area contributed by atoms with Crippen LogP contribution in [0.3, 0.4) is 0 Å². The predicted molar refractivity (Wildman–Crippen MR) is 78.3 cm³/mol. The predicted octanol–water partition coefficient (Wildman–Crippen LogP) is 2.06. The first-order chi connectivity index (χ1) is 9.78. The van der Waals surface area contributed by atoms with E-state index in [9.17, 15) is 19.7 Å². The van der Waals surface area contributed by atoms with Crippen molar-refractivity contribution in [3.8, 4) is 0 Å². The number of carbonyl (C=O) groups excluding carboxylic acids is 1. The third kappa shape index (κ3) is 4.75. The van der Waals surface area contributed by atoms with Crippen molar-refractivity contribution < 1.29 is 19.6 Å². The number of aliphatic carboxylic acids is 1. The molecule has 0 saturated heterocycles.